The van der Waals surface area contributed by atoms with E-state index in [1.807, 2.05) is 0 Å². The van der Waals surface area contributed by atoms with Gasteiger partial charge < -0.3 is 14.8 Å². The van der Waals surface area contributed by atoms with Crippen LogP contribution in [0.15, 0.2) is 75.2 Å². The van der Waals surface area contributed by atoms with E-state index in [2.05, 4.69) is 22.1 Å². The molecule has 0 saturated heterocycles. The fourth-order valence-electron chi connectivity index (χ4n) is 2.45. The number of hydrogen-bond acceptors (Lipinski definition) is 8. The van der Waals surface area contributed by atoms with Crippen molar-refractivity contribution in [3.8, 4) is 11.5 Å². The Balaban J connectivity index is 2.09. The van der Waals surface area contributed by atoms with E-state index in [0.717, 1.165) is 6.26 Å². The summed E-state index contributed by atoms with van der Waals surface area (Å²) < 4.78 is 29.3. The molecule has 3 N–H and O–H groups in total. The second kappa shape index (κ2) is 8.93. The minimum absolute atomic E-state index is 0.00739. The molecule has 0 saturated carbocycles. The largest absolute Gasteiger partial charge is 0.506 e. The zero-order chi connectivity index (χ0) is 22.8. The van der Waals surface area contributed by atoms with Crippen LogP contribution in [0.25, 0.3) is 17.2 Å². The van der Waals surface area contributed by atoms with Gasteiger partial charge in [0.25, 0.3) is 5.89 Å². The maximum atomic E-state index is 11.8. The summed E-state index contributed by atoms with van der Waals surface area (Å²) in [7, 11) is -3.44. The third kappa shape index (κ3) is 5.13. The van der Waals surface area contributed by atoms with Crippen molar-refractivity contribution < 1.29 is 17.9 Å². The van der Waals surface area contributed by atoms with E-state index in [9.17, 15) is 13.5 Å². The number of nitrogens with zero attached hydrogens (tertiary/aromatic N) is 2. The SMILES string of the molecule is C=C(O)C(=N)/C(Cl)=C(\Nc1ccccc1Cl)c1nnc(-c2cccc(S(C)(=O)=O)c2)o1. The molecule has 3 aromatic rings. The number of anilines is 1. The highest BCUT2D eigenvalue weighted by Gasteiger charge is 2.21. The molecular weight excluding hydrogens is 463 g/mol. The molecule has 160 valence electrons. The van der Waals surface area contributed by atoms with Gasteiger partial charge in [-0.1, -0.05) is 48.0 Å². The van der Waals surface area contributed by atoms with Crippen molar-refractivity contribution in [2.75, 3.05) is 11.6 Å². The monoisotopic (exact) mass is 478 g/mol. The third-order valence-electron chi connectivity index (χ3n) is 4.01. The Hall–Kier alpha value is -3.14. The van der Waals surface area contributed by atoms with Gasteiger partial charge in [0.05, 0.1) is 20.6 Å². The van der Waals surface area contributed by atoms with Crippen molar-refractivity contribution in [3.05, 3.63) is 76.8 Å². The second-order valence-corrected chi connectivity index (χ2v) is 9.13. The lowest BCUT2D eigenvalue weighted by Gasteiger charge is -2.12. The molecule has 1 aromatic heterocycles. The van der Waals surface area contributed by atoms with Crippen LogP contribution in [0.5, 0.6) is 0 Å². The van der Waals surface area contributed by atoms with Gasteiger partial charge in [-0.15, -0.1) is 10.2 Å². The van der Waals surface area contributed by atoms with Gasteiger partial charge >= 0.3 is 0 Å². The number of para-hydroxylation sites is 1. The molecule has 3 rings (SSSR count). The normalized spacial score (nSPS) is 12.2. The molecule has 1 heterocycles. The number of aliphatic hydroxyl groups excluding tert-OH is 1. The molecule has 0 unspecified atom stereocenters. The number of aromatic nitrogens is 2. The number of rotatable bonds is 7. The molecule has 11 heteroatoms. The average molecular weight is 479 g/mol. The van der Waals surface area contributed by atoms with Gasteiger partial charge in [0, 0.05) is 11.8 Å². The quantitative estimate of drug-likeness (QED) is 0.325. The van der Waals surface area contributed by atoms with Crippen LogP contribution >= 0.6 is 23.2 Å². The van der Waals surface area contributed by atoms with Gasteiger partial charge in [0.2, 0.25) is 5.89 Å². The Morgan fingerprint density at radius 2 is 1.90 bits per heavy atom. The maximum absolute atomic E-state index is 11.8. The van der Waals surface area contributed by atoms with Crippen LogP contribution in [0.4, 0.5) is 5.69 Å². The molecule has 0 amide bonds. The van der Waals surface area contributed by atoms with E-state index >= 15 is 0 Å². The Morgan fingerprint density at radius 3 is 2.55 bits per heavy atom. The lowest BCUT2D eigenvalue weighted by Crippen LogP contribution is -2.09. The van der Waals surface area contributed by atoms with Crippen molar-refractivity contribution in [3.63, 3.8) is 0 Å². The minimum Gasteiger partial charge on any atom is -0.506 e. The lowest BCUT2D eigenvalue weighted by atomic mass is 10.2. The number of benzene rings is 2. The molecule has 0 fully saturated rings. The summed E-state index contributed by atoms with van der Waals surface area (Å²) in [6.07, 6.45) is 1.09. The van der Waals surface area contributed by atoms with Gasteiger partial charge in [-0.3, -0.25) is 5.41 Å². The Morgan fingerprint density at radius 1 is 1.19 bits per heavy atom. The van der Waals surface area contributed by atoms with Crippen LogP contribution in [0.1, 0.15) is 5.89 Å². The fraction of sp³-hybridized carbons (Fsp3) is 0.0500. The van der Waals surface area contributed by atoms with E-state index in [-0.39, 0.29) is 27.4 Å². The lowest BCUT2D eigenvalue weighted by molar-refractivity contribution is 0.446. The molecule has 0 spiro atoms. The predicted octanol–water partition coefficient (Wildman–Crippen LogP) is 4.90. The first-order valence-electron chi connectivity index (χ1n) is 8.61. The number of hydrogen-bond donors (Lipinski definition) is 3. The molecular formula is C20H16Cl2N4O4S. The summed E-state index contributed by atoms with van der Waals surface area (Å²) in [5.74, 6) is -0.655. The second-order valence-electron chi connectivity index (χ2n) is 6.33. The van der Waals surface area contributed by atoms with Crippen LogP contribution < -0.4 is 5.32 Å². The van der Waals surface area contributed by atoms with Crippen LogP contribution in [0.2, 0.25) is 5.02 Å². The fourth-order valence-corrected chi connectivity index (χ4v) is 3.54. The first kappa shape index (κ1) is 22.5. The Bertz CT molecular complexity index is 1320. The summed E-state index contributed by atoms with van der Waals surface area (Å²) in [5, 5.41) is 28.5. The van der Waals surface area contributed by atoms with E-state index < -0.39 is 21.3 Å². The molecule has 0 atom stereocenters. The summed E-state index contributed by atoms with van der Waals surface area (Å²) >= 11 is 12.5. The molecule has 0 aliphatic carbocycles. The molecule has 8 nitrogen and oxygen atoms in total. The first-order valence-corrected chi connectivity index (χ1v) is 11.3. The summed E-state index contributed by atoms with van der Waals surface area (Å²) in [4.78, 5) is 0.0890. The van der Waals surface area contributed by atoms with Crippen LogP contribution in [0.3, 0.4) is 0 Å². The summed E-state index contributed by atoms with van der Waals surface area (Å²) in [5.41, 5.74) is 0.354. The number of allylic oxidation sites excluding steroid dienone is 1. The Kier molecular flexibility index (Phi) is 6.49. The van der Waals surface area contributed by atoms with E-state index in [1.165, 1.54) is 12.1 Å². The molecule has 2 aromatic carbocycles. The average Bonchev–Trinajstić information content (AvgIpc) is 3.21. The number of sulfone groups is 1. The smallest absolute Gasteiger partial charge is 0.266 e. The van der Waals surface area contributed by atoms with Gasteiger partial charge in [0.15, 0.2) is 9.84 Å². The van der Waals surface area contributed by atoms with Gasteiger partial charge in [-0.25, -0.2) is 8.42 Å². The molecule has 0 aliphatic rings. The number of aliphatic hydroxyl groups is 1. The third-order valence-corrected chi connectivity index (χ3v) is 5.83. The predicted molar refractivity (Wildman–Crippen MR) is 120 cm³/mol. The topological polar surface area (TPSA) is 129 Å². The van der Waals surface area contributed by atoms with E-state index in [0.29, 0.717) is 16.3 Å². The zero-order valence-corrected chi connectivity index (χ0v) is 18.4. The summed E-state index contributed by atoms with van der Waals surface area (Å²) in [6, 6.07) is 12.8. The standard InChI is InChI=1S/C20H16Cl2N4O4S/c1-11(27)17(23)16(22)18(24-15-9-4-3-8-14(15)21)20-26-25-19(30-20)12-6-5-7-13(10-12)31(2,28)29/h3-10,23-24,27H,1H2,2H3/b18-16+,23-17?. The highest BCUT2D eigenvalue weighted by atomic mass is 35.5. The molecule has 31 heavy (non-hydrogen) atoms. The molecule has 0 radical (unpaired) electrons. The van der Waals surface area contributed by atoms with Gasteiger partial charge in [-0.05, 0) is 30.3 Å². The van der Waals surface area contributed by atoms with Crippen molar-refractivity contribution in [1.82, 2.24) is 10.2 Å². The highest BCUT2D eigenvalue weighted by molar-refractivity contribution is 7.90. The van der Waals surface area contributed by atoms with Crippen molar-refractivity contribution in [1.29, 1.82) is 5.41 Å². The summed E-state index contributed by atoms with van der Waals surface area (Å²) in [6.45, 7) is 3.30. The van der Waals surface area contributed by atoms with E-state index in [4.69, 9.17) is 33.0 Å². The number of nitrogens with one attached hydrogen (secondary N) is 2. The van der Waals surface area contributed by atoms with Crippen LogP contribution in [-0.4, -0.2) is 35.7 Å². The zero-order valence-electron chi connectivity index (χ0n) is 16.1. The highest BCUT2D eigenvalue weighted by Crippen LogP contribution is 2.31. The number of halogens is 2. The van der Waals surface area contributed by atoms with Crippen LogP contribution in [-0.2, 0) is 9.84 Å². The minimum atomic E-state index is -3.44. The molecule has 0 bridgehead atoms. The molecule has 0 aliphatic heterocycles. The van der Waals surface area contributed by atoms with Crippen molar-refractivity contribution in [2.24, 2.45) is 0 Å². The van der Waals surface area contributed by atoms with Gasteiger partial charge in [0.1, 0.15) is 17.2 Å². The van der Waals surface area contributed by atoms with Crippen molar-refractivity contribution in [2.45, 2.75) is 4.90 Å². The maximum Gasteiger partial charge on any atom is 0.266 e. The first-order chi connectivity index (χ1) is 14.6. The Labute approximate surface area is 188 Å². The van der Waals surface area contributed by atoms with Gasteiger partial charge in [-0.2, -0.15) is 0 Å². The van der Waals surface area contributed by atoms with E-state index in [1.54, 1.807) is 36.4 Å². The van der Waals surface area contributed by atoms with Crippen molar-refractivity contribution >= 4 is 50.1 Å². The van der Waals surface area contributed by atoms with Crippen LogP contribution in [0, 0.1) is 5.41 Å².